The monoisotopic (exact) mass is 285 g/mol. The van der Waals surface area contributed by atoms with Crippen molar-refractivity contribution >= 4 is 11.0 Å². The van der Waals surface area contributed by atoms with E-state index in [2.05, 4.69) is 4.98 Å². The van der Waals surface area contributed by atoms with Crippen LogP contribution >= 0.6 is 0 Å². The molecule has 1 heterocycles. The van der Waals surface area contributed by atoms with Gasteiger partial charge in [-0.05, 0) is 18.6 Å². The molecule has 20 heavy (non-hydrogen) atoms. The predicted octanol–water partition coefficient (Wildman–Crippen LogP) is 3.23. The number of halogens is 3. The van der Waals surface area contributed by atoms with E-state index in [1.54, 1.807) is 24.3 Å². The lowest BCUT2D eigenvalue weighted by atomic mass is 9.86. The standard InChI is InChI=1S/C14H18F3N3/c1-3-13(2,8-18)12-19-10-6-4-5-7-11(10)20(12)9-14(15,16)17/h4-7H,3,8-9,18H2,1-2H3. The number of nitrogens with zero attached hydrogens (tertiary/aromatic N) is 2. The van der Waals surface area contributed by atoms with Crippen molar-refractivity contribution in [2.24, 2.45) is 5.73 Å². The fourth-order valence-corrected chi connectivity index (χ4v) is 2.27. The fourth-order valence-electron chi connectivity index (χ4n) is 2.27. The molecule has 1 unspecified atom stereocenters. The van der Waals surface area contributed by atoms with Gasteiger partial charge in [0.1, 0.15) is 12.4 Å². The van der Waals surface area contributed by atoms with E-state index < -0.39 is 18.1 Å². The number of rotatable bonds is 4. The van der Waals surface area contributed by atoms with E-state index in [1.807, 2.05) is 13.8 Å². The summed E-state index contributed by atoms with van der Waals surface area (Å²) in [7, 11) is 0. The van der Waals surface area contributed by atoms with Gasteiger partial charge in [0.25, 0.3) is 0 Å². The van der Waals surface area contributed by atoms with E-state index in [0.29, 0.717) is 23.3 Å². The van der Waals surface area contributed by atoms with Gasteiger partial charge in [-0.1, -0.05) is 26.0 Å². The van der Waals surface area contributed by atoms with Crippen LogP contribution in [-0.2, 0) is 12.0 Å². The molecule has 2 N–H and O–H groups in total. The Morgan fingerprint density at radius 2 is 1.90 bits per heavy atom. The summed E-state index contributed by atoms with van der Waals surface area (Å²) in [6.45, 7) is 2.97. The third-order valence-electron chi connectivity index (χ3n) is 3.76. The van der Waals surface area contributed by atoms with Crippen LogP contribution < -0.4 is 5.73 Å². The van der Waals surface area contributed by atoms with E-state index in [9.17, 15) is 13.2 Å². The van der Waals surface area contributed by atoms with Gasteiger partial charge in [0.15, 0.2) is 0 Å². The van der Waals surface area contributed by atoms with Crippen LogP contribution in [0.15, 0.2) is 24.3 Å². The third kappa shape index (κ3) is 2.65. The topological polar surface area (TPSA) is 43.8 Å². The molecule has 2 rings (SSSR count). The quantitative estimate of drug-likeness (QED) is 0.937. The molecule has 1 aromatic carbocycles. The maximum atomic E-state index is 12.8. The molecule has 0 spiro atoms. The maximum Gasteiger partial charge on any atom is 0.406 e. The summed E-state index contributed by atoms with van der Waals surface area (Å²) >= 11 is 0. The van der Waals surface area contributed by atoms with Gasteiger partial charge in [0.2, 0.25) is 0 Å². The number of hydrogen-bond donors (Lipinski definition) is 1. The summed E-state index contributed by atoms with van der Waals surface area (Å²) in [5, 5.41) is 0. The highest BCUT2D eigenvalue weighted by Crippen LogP contribution is 2.31. The highest BCUT2D eigenvalue weighted by molar-refractivity contribution is 5.76. The van der Waals surface area contributed by atoms with E-state index in [1.165, 1.54) is 4.57 Å². The van der Waals surface area contributed by atoms with E-state index >= 15 is 0 Å². The van der Waals surface area contributed by atoms with Crippen LogP contribution in [0.2, 0.25) is 0 Å². The first-order valence-corrected chi connectivity index (χ1v) is 6.53. The highest BCUT2D eigenvalue weighted by atomic mass is 19.4. The molecule has 2 aromatic rings. The molecule has 0 aliphatic heterocycles. The van der Waals surface area contributed by atoms with Crippen LogP contribution in [0.5, 0.6) is 0 Å². The lowest BCUT2D eigenvalue weighted by Gasteiger charge is -2.27. The van der Waals surface area contributed by atoms with Crippen LogP contribution in [0, 0.1) is 0 Å². The molecule has 6 heteroatoms. The average molecular weight is 285 g/mol. The Morgan fingerprint density at radius 1 is 1.25 bits per heavy atom. The minimum atomic E-state index is -4.29. The van der Waals surface area contributed by atoms with Crippen molar-refractivity contribution in [2.45, 2.75) is 38.4 Å². The highest BCUT2D eigenvalue weighted by Gasteiger charge is 2.35. The number of aromatic nitrogens is 2. The molecular weight excluding hydrogens is 267 g/mol. The van der Waals surface area contributed by atoms with Gasteiger partial charge in [-0.2, -0.15) is 13.2 Å². The molecule has 0 aliphatic carbocycles. The lowest BCUT2D eigenvalue weighted by molar-refractivity contribution is -0.140. The van der Waals surface area contributed by atoms with Crippen LogP contribution in [0.25, 0.3) is 11.0 Å². The Labute approximate surface area is 115 Å². The zero-order chi connectivity index (χ0) is 15.0. The Bertz CT molecular complexity index is 597. The number of nitrogens with two attached hydrogens (primary N) is 1. The lowest BCUT2D eigenvalue weighted by Crippen LogP contribution is -2.35. The van der Waals surface area contributed by atoms with Gasteiger partial charge in [0, 0.05) is 12.0 Å². The van der Waals surface area contributed by atoms with Crippen LogP contribution in [0.1, 0.15) is 26.1 Å². The first-order chi connectivity index (χ1) is 9.30. The SMILES string of the molecule is CCC(C)(CN)c1nc2ccccc2n1CC(F)(F)F. The molecule has 0 aliphatic rings. The summed E-state index contributed by atoms with van der Waals surface area (Å²) in [6.07, 6.45) is -3.66. The molecule has 3 nitrogen and oxygen atoms in total. The largest absolute Gasteiger partial charge is 0.406 e. The summed E-state index contributed by atoms with van der Waals surface area (Å²) < 4.78 is 39.8. The molecule has 0 radical (unpaired) electrons. The second-order valence-electron chi connectivity index (χ2n) is 5.24. The summed E-state index contributed by atoms with van der Waals surface area (Å²) in [6, 6.07) is 6.86. The molecule has 1 atom stereocenters. The molecule has 1 aromatic heterocycles. The third-order valence-corrected chi connectivity index (χ3v) is 3.76. The number of hydrogen-bond acceptors (Lipinski definition) is 2. The van der Waals surface area contributed by atoms with E-state index in [4.69, 9.17) is 5.73 Å². The molecule has 0 fully saturated rings. The van der Waals surface area contributed by atoms with E-state index in [0.717, 1.165) is 0 Å². The maximum absolute atomic E-state index is 12.8. The normalized spacial score (nSPS) is 15.5. The van der Waals surface area contributed by atoms with Gasteiger partial charge in [-0.25, -0.2) is 4.98 Å². The van der Waals surface area contributed by atoms with Gasteiger partial charge in [-0.3, -0.25) is 0 Å². The van der Waals surface area contributed by atoms with E-state index in [-0.39, 0.29) is 6.54 Å². The number of para-hydroxylation sites is 2. The van der Waals surface area contributed by atoms with Crippen LogP contribution in [0.4, 0.5) is 13.2 Å². The zero-order valence-electron chi connectivity index (χ0n) is 11.5. The van der Waals surface area contributed by atoms with Gasteiger partial charge in [0.05, 0.1) is 11.0 Å². The molecule has 0 saturated heterocycles. The molecular formula is C14H18F3N3. The number of imidazole rings is 1. The number of alkyl halides is 3. The van der Waals surface area contributed by atoms with Crippen molar-refractivity contribution in [2.75, 3.05) is 6.54 Å². The van der Waals surface area contributed by atoms with Gasteiger partial charge >= 0.3 is 6.18 Å². The Morgan fingerprint density at radius 3 is 2.45 bits per heavy atom. The average Bonchev–Trinajstić information content (AvgIpc) is 2.76. The fraction of sp³-hybridized carbons (Fsp3) is 0.500. The first kappa shape index (κ1) is 14.8. The van der Waals surface area contributed by atoms with Crippen molar-refractivity contribution in [1.82, 2.24) is 9.55 Å². The smallest absolute Gasteiger partial charge is 0.329 e. The minimum absolute atomic E-state index is 0.255. The van der Waals surface area contributed by atoms with Crippen molar-refractivity contribution < 1.29 is 13.2 Å². The Kier molecular flexibility index (Phi) is 3.77. The second kappa shape index (κ2) is 5.09. The Hall–Kier alpha value is -1.56. The minimum Gasteiger partial charge on any atom is -0.329 e. The molecule has 0 saturated carbocycles. The Balaban J connectivity index is 2.67. The van der Waals surface area contributed by atoms with Gasteiger partial charge < -0.3 is 10.3 Å². The van der Waals surface area contributed by atoms with Crippen LogP contribution in [-0.4, -0.2) is 22.3 Å². The van der Waals surface area contributed by atoms with Crippen molar-refractivity contribution in [1.29, 1.82) is 0 Å². The van der Waals surface area contributed by atoms with Crippen molar-refractivity contribution in [3.63, 3.8) is 0 Å². The van der Waals surface area contributed by atoms with Crippen LogP contribution in [0.3, 0.4) is 0 Å². The molecule has 0 amide bonds. The summed E-state index contributed by atoms with van der Waals surface area (Å²) in [5.41, 5.74) is 6.27. The van der Waals surface area contributed by atoms with Crippen molar-refractivity contribution in [3.8, 4) is 0 Å². The second-order valence-corrected chi connectivity index (χ2v) is 5.24. The predicted molar refractivity (Wildman–Crippen MR) is 72.5 cm³/mol. The molecule has 110 valence electrons. The first-order valence-electron chi connectivity index (χ1n) is 6.53. The number of benzene rings is 1. The van der Waals surface area contributed by atoms with Crippen molar-refractivity contribution in [3.05, 3.63) is 30.1 Å². The molecule has 0 bridgehead atoms. The zero-order valence-corrected chi connectivity index (χ0v) is 11.5. The summed E-state index contributed by atoms with van der Waals surface area (Å²) in [4.78, 5) is 4.39. The summed E-state index contributed by atoms with van der Waals surface area (Å²) in [5.74, 6) is 0.404. The number of fused-ring (bicyclic) bond motifs is 1. The van der Waals surface area contributed by atoms with Gasteiger partial charge in [-0.15, -0.1) is 0 Å².